The zero-order valence-corrected chi connectivity index (χ0v) is 9.18. The van der Waals surface area contributed by atoms with Crippen LogP contribution in [-0.2, 0) is 19.4 Å². The van der Waals surface area contributed by atoms with Gasteiger partial charge in [-0.2, -0.15) is 0 Å². The Morgan fingerprint density at radius 3 is 2.88 bits per heavy atom. The zero-order chi connectivity index (χ0) is 11.1. The zero-order valence-electron chi connectivity index (χ0n) is 9.18. The first-order chi connectivity index (χ1) is 7.79. The highest BCUT2D eigenvalue weighted by Gasteiger charge is 2.29. The lowest BCUT2D eigenvalue weighted by Gasteiger charge is -2.18. The Hall–Kier alpha value is -1.32. The number of amides is 1. The number of hydrogen-bond donors (Lipinski definition) is 1. The van der Waals surface area contributed by atoms with Crippen LogP contribution in [-0.4, -0.2) is 17.0 Å². The van der Waals surface area contributed by atoms with Crippen molar-refractivity contribution in [1.29, 1.82) is 0 Å². The predicted molar refractivity (Wildman–Crippen MR) is 58.0 cm³/mol. The topological polar surface area (TPSA) is 34.0 Å². The van der Waals surface area contributed by atoms with E-state index in [-0.39, 0.29) is 17.4 Å². The van der Waals surface area contributed by atoms with Crippen LogP contribution in [0.15, 0.2) is 0 Å². The summed E-state index contributed by atoms with van der Waals surface area (Å²) >= 11 is 0. The number of carbonyl (C=O) groups is 1. The van der Waals surface area contributed by atoms with E-state index in [1.165, 1.54) is 0 Å². The smallest absolute Gasteiger partial charge is 0.271 e. The molecule has 0 atom stereocenters. The van der Waals surface area contributed by atoms with Gasteiger partial charge >= 0.3 is 0 Å². The molecule has 0 unspecified atom stereocenters. The Morgan fingerprint density at radius 2 is 2.00 bits per heavy atom. The molecule has 16 heavy (non-hydrogen) atoms. The summed E-state index contributed by atoms with van der Waals surface area (Å²) in [6, 6.07) is 0. The van der Waals surface area contributed by atoms with Crippen molar-refractivity contribution in [3.8, 4) is 0 Å². The summed E-state index contributed by atoms with van der Waals surface area (Å²) in [7, 11) is 0. The molecular formula is C12H15FN2O. The van der Waals surface area contributed by atoms with Gasteiger partial charge in [0.2, 0.25) is 0 Å². The van der Waals surface area contributed by atoms with Gasteiger partial charge in [-0.3, -0.25) is 4.79 Å². The maximum atomic E-state index is 14.1. The molecule has 0 saturated heterocycles. The van der Waals surface area contributed by atoms with Gasteiger partial charge in [0.1, 0.15) is 5.69 Å². The van der Waals surface area contributed by atoms with Gasteiger partial charge in [0.15, 0.2) is 5.82 Å². The first-order valence-electron chi connectivity index (χ1n) is 5.97. The molecule has 1 aromatic rings. The highest BCUT2D eigenvalue weighted by molar-refractivity contribution is 5.94. The molecule has 0 saturated carbocycles. The number of nitrogens with one attached hydrogen (secondary N) is 1. The van der Waals surface area contributed by atoms with Crippen molar-refractivity contribution in [2.24, 2.45) is 0 Å². The molecule has 1 aromatic heterocycles. The first-order valence-corrected chi connectivity index (χ1v) is 5.97. The summed E-state index contributed by atoms with van der Waals surface area (Å²) in [6.07, 6.45) is 5.01. The van der Waals surface area contributed by atoms with E-state index in [1.807, 2.05) is 4.57 Å². The summed E-state index contributed by atoms with van der Waals surface area (Å²) in [5.41, 5.74) is 2.13. The average Bonchev–Trinajstić information content (AvgIpc) is 2.47. The summed E-state index contributed by atoms with van der Waals surface area (Å²) in [6.45, 7) is 1.33. The van der Waals surface area contributed by atoms with Crippen molar-refractivity contribution in [2.45, 2.75) is 38.6 Å². The molecule has 2 aliphatic rings. The van der Waals surface area contributed by atoms with E-state index >= 15 is 0 Å². The molecule has 0 spiro atoms. The molecule has 1 N–H and O–H groups in total. The Bertz CT molecular complexity index is 450. The quantitative estimate of drug-likeness (QED) is 0.665. The largest absolute Gasteiger partial charge is 0.349 e. The van der Waals surface area contributed by atoms with Crippen LogP contribution in [0, 0.1) is 5.82 Å². The summed E-state index contributed by atoms with van der Waals surface area (Å²) in [5, 5.41) is 2.70. The molecule has 1 aliphatic heterocycles. The van der Waals surface area contributed by atoms with E-state index in [0.717, 1.165) is 43.4 Å². The predicted octanol–water partition coefficient (Wildman–Crippen LogP) is 1.64. The molecule has 4 heteroatoms. The second-order valence-electron chi connectivity index (χ2n) is 4.56. The average molecular weight is 222 g/mol. The maximum absolute atomic E-state index is 14.1. The van der Waals surface area contributed by atoms with E-state index in [9.17, 15) is 9.18 Å². The normalized spacial score (nSPS) is 19.7. The van der Waals surface area contributed by atoms with Gasteiger partial charge in [-0.15, -0.1) is 0 Å². The van der Waals surface area contributed by atoms with Crippen LogP contribution < -0.4 is 5.32 Å². The minimum atomic E-state index is -0.269. The van der Waals surface area contributed by atoms with Crippen LogP contribution in [0.1, 0.15) is 41.0 Å². The van der Waals surface area contributed by atoms with Crippen molar-refractivity contribution >= 4 is 5.91 Å². The van der Waals surface area contributed by atoms with E-state index in [0.29, 0.717) is 13.1 Å². The van der Waals surface area contributed by atoms with Gasteiger partial charge in [0.25, 0.3) is 5.91 Å². The van der Waals surface area contributed by atoms with Gasteiger partial charge in [0.05, 0.1) is 0 Å². The van der Waals surface area contributed by atoms with Crippen LogP contribution in [0.4, 0.5) is 4.39 Å². The third-order valence-corrected chi connectivity index (χ3v) is 3.59. The van der Waals surface area contributed by atoms with E-state index in [2.05, 4.69) is 5.32 Å². The molecule has 2 heterocycles. The second-order valence-corrected chi connectivity index (χ2v) is 4.56. The lowest BCUT2D eigenvalue weighted by molar-refractivity contribution is 0.0922. The summed E-state index contributed by atoms with van der Waals surface area (Å²) in [5.74, 6) is -0.522. The third-order valence-electron chi connectivity index (χ3n) is 3.59. The standard InChI is InChI=1S/C12H15FN2O/c13-10-8-4-2-1-3-5-9(8)15-7-6-14-12(16)11(10)15/h1-7H2,(H,14,16). The molecular weight excluding hydrogens is 207 g/mol. The van der Waals surface area contributed by atoms with E-state index in [4.69, 9.17) is 0 Å². The Labute approximate surface area is 93.6 Å². The SMILES string of the molecule is O=C1NCCn2c3c(c(F)c21)CCCCC3. The van der Waals surface area contributed by atoms with Crippen LogP contribution in [0.3, 0.4) is 0 Å². The van der Waals surface area contributed by atoms with Crippen molar-refractivity contribution in [3.63, 3.8) is 0 Å². The molecule has 0 fully saturated rings. The molecule has 86 valence electrons. The lowest BCUT2D eigenvalue weighted by Crippen LogP contribution is -2.36. The Morgan fingerprint density at radius 1 is 1.19 bits per heavy atom. The Balaban J connectivity index is 2.18. The summed E-state index contributed by atoms with van der Waals surface area (Å²) < 4.78 is 16.0. The highest BCUT2D eigenvalue weighted by atomic mass is 19.1. The number of rotatable bonds is 0. The minimum absolute atomic E-state index is 0.253. The summed E-state index contributed by atoms with van der Waals surface area (Å²) in [4.78, 5) is 11.6. The molecule has 3 rings (SSSR count). The molecule has 0 bridgehead atoms. The van der Waals surface area contributed by atoms with Gasteiger partial charge in [-0.1, -0.05) is 6.42 Å². The van der Waals surface area contributed by atoms with Crippen molar-refractivity contribution in [1.82, 2.24) is 9.88 Å². The van der Waals surface area contributed by atoms with Crippen molar-refractivity contribution < 1.29 is 9.18 Å². The van der Waals surface area contributed by atoms with Crippen LogP contribution in [0.5, 0.6) is 0 Å². The molecule has 0 aromatic carbocycles. The van der Waals surface area contributed by atoms with Gasteiger partial charge in [-0.25, -0.2) is 4.39 Å². The number of nitrogens with zero attached hydrogens (tertiary/aromatic N) is 1. The fourth-order valence-corrected chi connectivity index (χ4v) is 2.83. The number of aromatic nitrogens is 1. The van der Waals surface area contributed by atoms with Crippen LogP contribution in [0.25, 0.3) is 0 Å². The molecule has 0 radical (unpaired) electrons. The number of hydrogen-bond acceptors (Lipinski definition) is 1. The Kier molecular flexibility index (Phi) is 2.23. The third kappa shape index (κ3) is 1.29. The minimum Gasteiger partial charge on any atom is -0.349 e. The van der Waals surface area contributed by atoms with Gasteiger partial charge in [0, 0.05) is 24.3 Å². The van der Waals surface area contributed by atoms with Crippen LogP contribution >= 0.6 is 0 Å². The highest BCUT2D eigenvalue weighted by Crippen LogP contribution is 2.29. The van der Waals surface area contributed by atoms with Crippen molar-refractivity contribution in [2.75, 3.05) is 6.54 Å². The van der Waals surface area contributed by atoms with Crippen molar-refractivity contribution in [3.05, 3.63) is 22.8 Å². The molecule has 3 nitrogen and oxygen atoms in total. The number of halogens is 1. The second kappa shape index (κ2) is 3.61. The fraction of sp³-hybridized carbons (Fsp3) is 0.583. The maximum Gasteiger partial charge on any atom is 0.271 e. The van der Waals surface area contributed by atoms with Crippen LogP contribution in [0.2, 0.25) is 0 Å². The van der Waals surface area contributed by atoms with E-state index < -0.39 is 0 Å². The monoisotopic (exact) mass is 222 g/mol. The van der Waals surface area contributed by atoms with E-state index in [1.54, 1.807) is 0 Å². The fourth-order valence-electron chi connectivity index (χ4n) is 2.83. The number of carbonyl (C=O) groups excluding carboxylic acids is 1. The lowest BCUT2D eigenvalue weighted by atomic mass is 10.1. The van der Waals surface area contributed by atoms with Gasteiger partial charge < -0.3 is 9.88 Å². The first kappa shape index (κ1) is 9.87. The molecule has 1 amide bonds. The number of fused-ring (bicyclic) bond motifs is 3. The van der Waals surface area contributed by atoms with Gasteiger partial charge in [-0.05, 0) is 25.7 Å². The molecule has 1 aliphatic carbocycles.